The molecule has 2 saturated carbocycles. The molecule has 1 aromatic carbocycles. The van der Waals surface area contributed by atoms with Crippen molar-refractivity contribution in [2.24, 2.45) is 5.92 Å². The van der Waals surface area contributed by atoms with Gasteiger partial charge in [0.15, 0.2) is 0 Å². The lowest BCUT2D eigenvalue weighted by Gasteiger charge is -2.52. The zero-order valence-electron chi connectivity index (χ0n) is 16.1. The van der Waals surface area contributed by atoms with Crippen LogP contribution in [0.1, 0.15) is 66.4 Å². The van der Waals surface area contributed by atoms with Crippen molar-refractivity contribution in [1.82, 2.24) is 9.80 Å². The SMILES string of the molecule is Cc1ccc(C)c(C(=O)N2CC(=O)N(CC3CC3)C3(CCCCC3)C2)c1. The number of nitrogens with zero attached hydrogens (tertiary/aromatic N) is 2. The summed E-state index contributed by atoms with van der Waals surface area (Å²) in [5.74, 6) is 0.873. The molecule has 3 fully saturated rings. The molecule has 0 atom stereocenters. The van der Waals surface area contributed by atoms with Crippen LogP contribution < -0.4 is 0 Å². The number of aryl methyl sites for hydroxylation is 2. The maximum atomic E-state index is 13.2. The molecular formula is C22H30N2O2. The Kier molecular flexibility index (Phi) is 4.54. The summed E-state index contributed by atoms with van der Waals surface area (Å²) in [4.78, 5) is 30.3. The van der Waals surface area contributed by atoms with Gasteiger partial charge in [0.25, 0.3) is 5.91 Å². The van der Waals surface area contributed by atoms with Crippen molar-refractivity contribution in [2.75, 3.05) is 19.6 Å². The van der Waals surface area contributed by atoms with Gasteiger partial charge in [0.1, 0.15) is 6.54 Å². The van der Waals surface area contributed by atoms with Gasteiger partial charge < -0.3 is 9.80 Å². The van der Waals surface area contributed by atoms with Crippen LogP contribution in [0.2, 0.25) is 0 Å². The second-order valence-electron chi connectivity index (χ2n) is 8.71. The third-order valence-corrected chi connectivity index (χ3v) is 6.52. The predicted octanol–water partition coefficient (Wildman–Crippen LogP) is 3.70. The maximum Gasteiger partial charge on any atom is 0.254 e. The van der Waals surface area contributed by atoms with Gasteiger partial charge >= 0.3 is 0 Å². The Bertz CT molecular complexity index is 717. The highest BCUT2D eigenvalue weighted by Gasteiger charge is 2.48. The molecule has 140 valence electrons. The minimum atomic E-state index is -0.121. The molecular weight excluding hydrogens is 324 g/mol. The van der Waals surface area contributed by atoms with E-state index in [2.05, 4.69) is 4.90 Å². The van der Waals surface area contributed by atoms with Crippen LogP contribution in [-0.4, -0.2) is 46.8 Å². The first kappa shape index (κ1) is 17.6. The van der Waals surface area contributed by atoms with Crippen LogP contribution in [0.3, 0.4) is 0 Å². The molecule has 0 aromatic heterocycles. The summed E-state index contributed by atoms with van der Waals surface area (Å²) in [5.41, 5.74) is 2.71. The average molecular weight is 354 g/mol. The molecule has 1 aromatic rings. The Hall–Kier alpha value is -1.84. The van der Waals surface area contributed by atoms with Crippen LogP contribution in [-0.2, 0) is 4.79 Å². The largest absolute Gasteiger partial charge is 0.333 e. The number of piperazine rings is 1. The number of carbonyl (C=O) groups is 2. The van der Waals surface area contributed by atoms with Crippen LogP contribution in [0.5, 0.6) is 0 Å². The number of hydrogen-bond donors (Lipinski definition) is 0. The van der Waals surface area contributed by atoms with E-state index in [1.807, 2.05) is 36.9 Å². The Morgan fingerprint density at radius 1 is 1.15 bits per heavy atom. The van der Waals surface area contributed by atoms with E-state index in [1.54, 1.807) is 0 Å². The molecule has 0 radical (unpaired) electrons. The van der Waals surface area contributed by atoms with Gasteiger partial charge in [-0.25, -0.2) is 0 Å². The summed E-state index contributed by atoms with van der Waals surface area (Å²) in [6, 6.07) is 6.00. The fourth-order valence-corrected chi connectivity index (χ4v) is 4.78. The number of carbonyl (C=O) groups excluding carboxylic acids is 2. The molecule has 4 nitrogen and oxygen atoms in total. The van der Waals surface area contributed by atoms with Crippen molar-refractivity contribution in [3.63, 3.8) is 0 Å². The molecule has 2 amide bonds. The highest BCUT2D eigenvalue weighted by atomic mass is 16.2. The second-order valence-corrected chi connectivity index (χ2v) is 8.71. The topological polar surface area (TPSA) is 40.6 Å². The number of benzene rings is 1. The third-order valence-electron chi connectivity index (χ3n) is 6.52. The van der Waals surface area contributed by atoms with Gasteiger partial charge in [-0.2, -0.15) is 0 Å². The van der Waals surface area contributed by atoms with Crippen LogP contribution in [0.4, 0.5) is 0 Å². The van der Waals surface area contributed by atoms with E-state index < -0.39 is 0 Å². The summed E-state index contributed by atoms with van der Waals surface area (Å²) in [6.07, 6.45) is 8.18. The molecule has 1 saturated heterocycles. The third kappa shape index (κ3) is 3.26. The van der Waals surface area contributed by atoms with Crippen LogP contribution >= 0.6 is 0 Å². The lowest BCUT2D eigenvalue weighted by Crippen LogP contribution is -2.66. The molecule has 1 aliphatic heterocycles. The Morgan fingerprint density at radius 2 is 1.88 bits per heavy atom. The molecule has 0 N–H and O–H groups in total. The predicted molar refractivity (Wildman–Crippen MR) is 102 cm³/mol. The lowest BCUT2D eigenvalue weighted by atomic mass is 9.78. The van der Waals surface area contributed by atoms with E-state index in [9.17, 15) is 9.59 Å². The van der Waals surface area contributed by atoms with Crippen LogP contribution in [0.15, 0.2) is 18.2 Å². The van der Waals surface area contributed by atoms with Gasteiger partial charge in [-0.05, 0) is 57.1 Å². The normalized spacial score (nSPS) is 22.8. The van der Waals surface area contributed by atoms with Crippen molar-refractivity contribution in [3.05, 3.63) is 34.9 Å². The van der Waals surface area contributed by atoms with Gasteiger partial charge in [0.05, 0.1) is 5.54 Å². The van der Waals surface area contributed by atoms with E-state index in [-0.39, 0.29) is 23.9 Å². The van der Waals surface area contributed by atoms with Gasteiger partial charge in [-0.1, -0.05) is 37.0 Å². The first-order valence-corrected chi connectivity index (χ1v) is 10.2. The van der Waals surface area contributed by atoms with Crippen molar-refractivity contribution < 1.29 is 9.59 Å². The second kappa shape index (κ2) is 6.71. The highest BCUT2D eigenvalue weighted by Crippen LogP contribution is 2.40. The zero-order valence-corrected chi connectivity index (χ0v) is 16.1. The zero-order chi connectivity index (χ0) is 18.3. The first-order chi connectivity index (χ1) is 12.5. The summed E-state index contributed by atoms with van der Waals surface area (Å²) < 4.78 is 0. The van der Waals surface area contributed by atoms with Gasteiger partial charge in [-0.15, -0.1) is 0 Å². The molecule has 4 rings (SSSR count). The van der Waals surface area contributed by atoms with Crippen molar-refractivity contribution in [2.45, 2.75) is 64.3 Å². The Morgan fingerprint density at radius 3 is 2.58 bits per heavy atom. The first-order valence-electron chi connectivity index (χ1n) is 10.2. The minimum Gasteiger partial charge on any atom is -0.333 e. The fraction of sp³-hybridized carbons (Fsp3) is 0.636. The summed E-state index contributed by atoms with van der Waals surface area (Å²) in [5, 5.41) is 0. The monoisotopic (exact) mass is 354 g/mol. The summed E-state index contributed by atoms with van der Waals surface area (Å²) in [7, 11) is 0. The lowest BCUT2D eigenvalue weighted by molar-refractivity contribution is -0.147. The Labute approximate surface area is 156 Å². The molecule has 26 heavy (non-hydrogen) atoms. The van der Waals surface area contributed by atoms with E-state index in [0.717, 1.165) is 36.1 Å². The Balaban J connectivity index is 1.61. The van der Waals surface area contributed by atoms with E-state index in [4.69, 9.17) is 0 Å². The van der Waals surface area contributed by atoms with E-state index in [1.165, 1.54) is 32.1 Å². The summed E-state index contributed by atoms with van der Waals surface area (Å²) in [6.45, 7) is 5.84. The van der Waals surface area contributed by atoms with E-state index in [0.29, 0.717) is 12.5 Å². The van der Waals surface area contributed by atoms with E-state index >= 15 is 0 Å². The van der Waals surface area contributed by atoms with Crippen LogP contribution in [0, 0.1) is 19.8 Å². The molecule has 2 aliphatic carbocycles. The number of hydrogen-bond acceptors (Lipinski definition) is 2. The molecule has 1 spiro atoms. The highest BCUT2D eigenvalue weighted by molar-refractivity contribution is 5.98. The quantitative estimate of drug-likeness (QED) is 0.830. The standard InChI is InChI=1S/C22H30N2O2/c1-16-6-7-17(2)19(12-16)21(26)23-14-20(25)24(13-18-8-9-18)22(15-23)10-4-3-5-11-22/h6-7,12,18H,3-5,8-11,13-15H2,1-2H3. The smallest absolute Gasteiger partial charge is 0.254 e. The van der Waals surface area contributed by atoms with Crippen molar-refractivity contribution in [3.8, 4) is 0 Å². The molecule has 4 heteroatoms. The van der Waals surface area contributed by atoms with Gasteiger partial charge in [-0.3, -0.25) is 9.59 Å². The van der Waals surface area contributed by atoms with Crippen molar-refractivity contribution >= 4 is 11.8 Å². The van der Waals surface area contributed by atoms with Crippen molar-refractivity contribution in [1.29, 1.82) is 0 Å². The van der Waals surface area contributed by atoms with Gasteiger partial charge in [0, 0.05) is 18.7 Å². The molecule has 3 aliphatic rings. The molecule has 0 unspecified atom stereocenters. The summed E-state index contributed by atoms with van der Waals surface area (Å²) >= 11 is 0. The average Bonchev–Trinajstić information content (AvgIpc) is 3.44. The maximum absolute atomic E-state index is 13.2. The fourth-order valence-electron chi connectivity index (χ4n) is 4.78. The molecule has 1 heterocycles. The number of amides is 2. The minimum absolute atomic E-state index is 0.0237. The number of rotatable bonds is 3. The van der Waals surface area contributed by atoms with Gasteiger partial charge in [0.2, 0.25) is 5.91 Å². The molecule has 0 bridgehead atoms. The van der Waals surface area contributed by atoms with Crippen LogP contribution in [0.25, 0.3) is 0 Å².